The van der Waals surface area contributed by atoms with E-state index in [1.807, 2.05) is 0 Å². The number of para-hydroxylation sites is 2. The van der Waals surface area contributed by atoms with Crippen LogP contribution < -0.4 is 4.57 Å². The third-order valence-electron chi connectivity index (χ3n) is 4.53. The van der Waals surface area contributed by atoms with Crippen molar-refractivity contribution in [2.75, 3.05) is 0 Å². The summed E-state index contributed by atoms with van der Waals surface area (Å²) in [5.74, 6) is 0. The number of fused-ring (bicyclic) bond motifs is 1. The minimum atomic E-state index is 0.462. The van der Waals surface area contributed by atoms with Crippen LogP contribution in [0.5, 0.6) is 0 Å². The molecule has 0 saturated heterocycles. The first-order valence-electron chi connectivity index (χ1n) is 8.47. The van der Waals surface area contributed by atoms with Gasteiger partial charge < -0.3 is 4.74 Å². The average molecular weight is 287 g/mol. The lowest BCUT2D eigenvalue weighted by molar-refractivity contribution is -0.712. The summed E-state index contributed by atoms with van der Waals surface area (Å²) in [7, 11) is 0. The number of aromatic nitrogens is 2. The van der Waals surface area contributed by atoms with Gasteiger partial charge in [-0.3, -0.25) is 0 Å². The topological polar surface area (TPSA) is 18.0 Å². The fourth-order valence-electron chi connectivity index (χ4n) is 3.27. The molecular weight excluding hydrogens is 260 g/mol. The number of hydrogen-bond acceptors (Lipinski definition) is 1. The van der Waals surface area contributed by atoms with E-state index in [2.05, 4.69) is 46.7 Å². The molecule has 0 bridgehead atoms. The van der Waals surface area contributed by atoms with Crippen molar-refractivity contribution in [3.05, 3.63) is 30.6 Å². The smallest absolute Gasteiger partial charge is 0.246 e. The van der Waals surface area contributed by atoms with Gasteiger partial charge in [-0.1, -0.05) is 44.7 Å². The van der Waals surface area contributed by atoms with Gasteiger partial charge in [0.05, 0.1) is 12.6 Å². The average Bonchev–Trinajstić information content (AvgIpc) is 2.90. The Morgan fingerprint density at radius 2 is 2.00 bits per heavy atom. The number of ether oxygens (including phenoxy) is 1. The number of aryl methyl sites for hydroxylation is 1. The maximum absolute atomic E-state index is 6.14. The standard InChI is InChI=1S/C18H27N2O/c1-2-3-13-19-14-20(18-12-8-7-11-17(18)19)15-21-16-9-5-4-6-10-16/h7-8,11-12,14,16H,2-6,9-10,13,15H2,1H3/q+1. The predicted octanol–water partition coefficient (Wildman–Crippen LogP) is 4.04. The summed E-state index contributed by atoms with van der Waals surface area (Å²) in [6, 6.07) is 8.64. The Morgan fingerprint density at radius 3 is 2.81 bits per heavy atom. The highest BCUT2D eigenvalue weighted by atomic mass is 16.5. The molecule has 0 atom stereocenters. The van der Waals surface area contributed by atoms with Crippen LogP contribution in [0.25, 0.3) is 11.0 Å². The van der Waals surface area contributed by atoms with E-state index in [-0.39, 0.29) is 0 Å². The number of nitrogens with zero attached hydrogens (tertiary/aromatic N) is 2. The summed E-state index contributed by atoms with van der Waals surface area (Å²) in [5.41, 5.74) is 2.60. The minimum Gasteiger partial charge on any atom is -0.338 e. The van der Waals surface area contributed by atoms with Crippen LogP contribution in [0.15, 0.2) is 30.6 Å². The van der Waals surface area contributed by atoms with Crippen LogP contribution in [0.2, 0.25) is 0 Å². The van der Waals surface area contributed by atoms with Crippen LogP contribution in [0.1, 0.15) is 51.9 Å². The summed E-state index contributed by atoms with van der Waals surface area (Å²) in [6.07, 6.45) is 11.6. The summed E-state index contributed by atoms with van der Waals surface area (Å²) >= 11 is 0. The lowest BCUT2D eigenvalue weighted by Crippen LogP contribution is -2.36. The predicted molar refractivity (Wildman–Crippen MR) is 85.0 cm³/mol. The number of benzene rings is 1. The van der Waals surface area contributed by atoms with E-state index >= 15 is 0 Å². The van der Waals surface area contributed by atoms with E-state index < -0.39 is 0 Å². The fraction of sp³-hybridized carbons (Fsp3) is 0.611. The molecule has 3 nitrogen and oxygen atoms in total. The highest BCUT2D eigenvalue weighted by Crippen LogP contribution is 2.20. The highest BCUT2D eigenvalue weighted by Gasteiger charge is 2.18. The molecule has 0 amide bonds. The Labute approximate surface area is 127 Å². The van der Waals surface area contributed by atoms with Crippen LogP contribution >= 0.6 is 0 Å². The molecular formula is C18H27N2O+. The molecule has 0 spiro atoms. The molecule has 1 aliphatic rings. The molecule has 2 aromatic rings. The second kappa shape index (κ2) is 7.08. The highest BCUT2D eigenvalue weighted by molar-refractivity contribution is 5.71. The van der Waals surface area contributed by atoms with Crippen LogP contribution in [0, 0.1) is 0 Å². The normalized spacial score (nSPS) is 16.6. The van der Waals surface area contributed by atoms with Gasteiger partial charge in [0.2, 0.25) is 6.33 Å². The van der Waals surface area contributed by atoms with Crippen LogP contribution in [0.4, 0.5) is 0 Å². The Kier molecular flexibility index (Phi) is 4.91. The molecule has 0 radical (unpaired) electrons. The minimum absolute atomic E-state index is 0.462. The van der Waals surface area contributed by atoms with Gasteiger partial charge in [-0.15, -0.1) is 0 Å². The second-order valence-electron chi connectivity index (χ2n) is 6.18. The monoisotopic (exact) mass is 287 g/mol. The maximum atomic E-state index is 6.14. The van der Waals surface area contributed by atoms with Crippen LogP contribution in [-0.2, 0) is 18.0 Å². The van der Waals surface area contributed by atoms with Gasteiger partial charge in [0, 0.05) is 0 Å². The van der Waals surface area contributed by atoms with Crippen molar-refractivity contribution < 1.29 is 9.30 Å². The summed E-state index contributed by atoms with van der Waals surface area (Å²) in [6.45, 7) is 4.02. The zero-order chi connectivity index (χ0) is 14.5. The molecule has 1 aromatic heterocycles. The largest absolute Gasteiger partial charge is 0.338 e. The molecule has 21 heavy (non-hydrogen) atoms. The van der Waals surface area contributed by atoms with Crippen molar-refractivity contribution in [2.24, 2.45) is 0 Å². The Hall–Kier alpha value is -1.35. The Balaban J connectivity index is 1.74. The van der Waals surface area contributed by atoms with Gasteiger partial charge in [-0.05, 0) is 31.4 Å². The quantitative estimate of drug-likeness (QED) is 0.733. The van der Waals surface area contributed by atoms with E-state index in [1.54, 1.807) is 0 Å². The first kappa shape index (κ1) is 14.6. The van der Waals surface area contributed by atoms with Crippen molar-refractivity contribution in [1.82, 2.24) is 4.57 Å². The van der Waals surface area contributed by atoms with E-state index in [1.165, 1.54) is 56.0 Å². The number of unbranched alkanes of at least 4 members (excludes halogenated alkanes) is 1. The van der Waals surface area contributed by atoms with Crippen LogP contribution in [-0.4, -0.2) is 10.7 Å². The van der Waals surface area contributed by atoms with Gasteiger partial charge >= 0.3 is 0 Å². The fourth-order valence-corrected chi connectivity index (χ4v) is 3.27. The molecule has 3 heteroatoms. The number of hydrogen-bond donors (Lipinski definition) is 0. The zero-order valence-corrected chi connectivity index (χ0v) is 13.1. The van der Waals surface area contributed by atoms with Crippen molar-refractivity contribution in [3.8, 4) is 0 Å². The number of rotatable bonds is 6. The van der Waals surface area contributed by atoms with Crippen molar-refractivity contribution in [1.29, 1.82) is 0 Å². The molecule has 1 aromatic carbocycles. The Morgan fingerprint density at radius 1 is 1.19 bits per heavy atom. The first-order valence-corrected chi connectivity index (χ1v) is 8.47. The summed E-state index contributed by atoms with van der Waals surface area (Å²) < 4.78 is 10.8. The molecule has 0 unspecified atom stereocenters. The SMILES string of the molecule is CCCCn1c[n+](COC2CCCCC2)c2ccccc21. The first-order chi connectivity index (χ1) is 10.4. The molecule has 0 N–H and O–H groups in total. The summed E-state index contributed by atoms with van der Waals surface area (Å²) in [4.78, 5) is 0. The lowest BCUT2D eigenvalue weighted by atomic mass is 9.98. The van der Waals surface area contributed by atoms with Gasteiger partial charge in [0.1, 0.15) is 0 Å². The van der Waals surface area contributed by atoms with Gasteiger partial charge in [-0.2, -0.15) is 0 Å². The molecule has 3 rings (SSSR count). The lowest BCUT2D eigenvalue weighted by Gasteiger charge is -2.20. The number of imidazole rings is 1. The molecule has 1 aliphatic carbocycles. The van der Waals surface area contributed by atoms with E-state index in [9.17, 15) is 0 Å². The van der Waals surface area contributed by atoms with Gasteiger partial charge in [0.25, 0.3) is 0 Å². The van der Waals surface area contributed by atoms with Gasteiger partial charge in [0.15, 0.2) is 17.8 Å². The van der Waals surface area contributed by atoms with Crippen molar-refractivity contribution >= 4 is 11.0 Å². The Bertz CT molecular complexity index is 570. The van der Waals surface area contributed by atoms with Crippen LogP contribution in [0.3, 0.4) is 0 Å². The second-order valence-corrected chi connectivity index (χ2v) is 6.18. The van der Waals surface area contributed by atoms with E-state index in [0.717, 1.165) is 6.54 Å². The third kappa shape index (κ3) is 3.46. The molecule has 1 fully saturated rings. The molecule has 1 saturated carbocycles. The van der Waals surface area contributed by atoms with E-state index in [0.29, 0.717) is 12.8 Å². The van der Waals surface area contributed by atoms with E-state index in [4.69, 9.17) is 4.74 Å². The zero-order valence-electron chi connectivity index (χ0n) is 13.1. The maximum Gasteiger partial charge on any atom is 0.246 e. The third-order valence-corrected chi connectivity index (χ3v) is 4.53. The van der Waals surface area contributed by atoms with Gasteiger partial charge in [-0.25, -0.2) is 9.13 Å². The molecule has 0 aliphatic heterocycles. The van der Waals surface area contributed by atoms with Crippen molar-refractivity contribution in [2.45, 2.75) is 71.2 Å². The summed E-state index contributed by atoms with van der Waals surface area (Å²) in [5, 5.41) is 0. The molecule has 114 valence electrons. The molecule has 1 heterocycles. The van der Waals surface area contributed by atoms with Crippen molar-refractivity contribution in [3.63, 3.8) is 0 Å².